The number of piperazine rings is 1. The van der Waals surface area contributed by atoms with Crippen LogP contribution in [0.1, 0.15) is 26.2 Å². The molecular formula is C15H19F4N3O4. The lowest BCUT2D eigenvalue weighted by Gasteiger charge is -2.47. The highest BCUT2D eigenvalue weighted by Gasteiger charge is 2.60. The molecule has 146 valence electrons. The molecule has 0 aromatic heterocycles. The van der Waals surface area contributed by atoms with E-state index in [4.69, 9.17) is 5.11 Å². The predicted molar refractivity (Wildman–Crippen MR) is 78.9 cm³/mol. The molecule has 3 atom stereocenters. The third kappa shape index (κ3) is 3.07. The third-order valence-electron chi connectivity index (χ3n) is 5.39. The molecular weight excluding hydrogens is 362 g/mol. The van der Waals surface area contributed by atoms with Crippen molar-refractivity contribution in [3.63, 3.8) is 0 Å². The van der Waals surface area contributed by atoms with Crippen LogP contribution in [0.5, 0.6) is 0 Å². The second kappa shape index (κ2) is 5.98. The van der Waals surface area contributed by atoms with E-state index in [1.807, 2.05) is 0 Å². The fourth-order valence-corrected chi connectivity index (χ4v) is 3.86. The molecule has 0 unspecified atom stereocenters. The molecule has 1 aliphatic carbocycles. The van der Waals surface area contributed by atoms with Gasteiger partial charge in [-0.2, -0.15) is 13.2 Å². The van der Waals surface area contributed by atoms with Gasteiger partial charge >= 0.3 is 18.2 Å². The number of carbonyl (C=O) groups is 3. The van der Waals surface area contributed by atoms with Gasteiger partial charge in [0.05, 0.1) is 12.1 Å². The average molecular weight is 381 g/mol. The number of nitrogens with zero attached hydrogens (tertiary/aromatic N) is 3. The molecule has 7 nitrogen and oxygen atoms in total. The van der Waals surface area contributed by atoms with Crippen LogP contribution in [-0.2, 0) is 9.59 Å². The number of hydrogen-bond acceptors (Lipinski definition) is 3. The van der Waals surface area contributed by atoms with Crippen molar-refractivity contribution in [1.29, 1.82) is 0 Å². The molecule has 0 aromatic rings. The lowest BCUT2D eigenvalue weighted by molar-refractivity contribution is -0.193. The zero-order chi connectivity index (χ0) is 19.4. The molecule has 2 saturated heterocycles. The van der Waals surface area contributed by atoms with E-state index in [0.29, 0.717) is 12.8 Å². The predicted octanol–water partition coefficient (Wildman–Crippen LogP) is 1.23. The summed E-state index contributed by atoms with van der Waals surface area (Å²) in [5, 5.41) is 9.14. The smallest absolute Gasteiger partial charge is 0.465 e. The Morgan fingerprint density at radius 2 is 1.73 bits per heavy atom. The topological polar surface area (TPSA) is 81.2 Å². The van der Waals surface area contributed by atoms with Crippen LogP contribution in [0.2, 0.25) is 0 Å². The van der Waals surface area contributed by atoms with Crippen LogP contribution in [0.25, 0.3) is 0 Å². The van der Waals surface area contributed by atoms with Crippen LogP contribution in [0, 0.1) is 0 Å². The van der Waals surface area contributed by atoms with Crippen molar-refractivity contribution in [2.75, 3.05) is 19.6 Å². The minimum atomic E-state index is -4.99. The minimum Gasteiger partial charge on any atom is -0.465 e. The summed E-state index contributed by atoms with van der Waals surface area (Å²) in [7, 11) is 0. The van der Waals surface area contributed by atoms with Crippen LogP contribution in [0.3, 0.4) is 0 Å². The number of carbonyl (C=O) groups excluding carboxylic acids is 2. The van der Waals surface area contributed by atoms with Gasteiger partial charge in [-0.05, 0) is 19.8 Å². The first-order valence-electron chi connectivity index (χ1n) is 8.29. The van der Waals surface area contributed by atoms with Crippen LogP contribution in [-0.4, -0.2) is 87.3 Å². The summed E-state index contributed by atoms with van der Waals surface area (Å²) in [6, 6.07) is -1.92. The normalized spacial score (nSPS) is 30.7. The van der Waals surface area contributed by atoms with Crippen LogP contribution in [0.4, 0.5) is 22.4 Å². The van der Waals surface area contributed by atoms with Crippen molar-refractivity contribution in [2.24, 2.45) is 0 Å². The van der Waals surface area contributed by atoms with Gasteiger partial charge in [0.15, 0.2) is 0 Å². The van der Waals surface area contributed by atoms with Gasteiger partial charge in [0, 0.05) is 25.6 Å². The first kappa shape index (κ1) is 18.7. The molecule has 1 N–H and O–H groups in total. The molecule has 3 amide bonds. The van der Waals surface area contributed by atoms with Crippen molar-refractivity contribution in [2.45, 2.75) is 56.2 Å². The van der Waals surface area contributed by atoms with Crippen molar-refractivity contribution in [3.8, 4) is 0 Å². The van der Waals surface area contributed by atoms with Crippen molar-refractivity contribution in [3.05, 3.63) is 0 Å². The van der Waals surface area contributed by atoms with E-state index >= 15 is 0 Å². The Morgan fingerprint density at radius 3 is 2.23 bits per heavy atom. The molecule has 3 rings (SSSR count). The maximum atomic E-state index is 13.6. The van der Waals surface area contributed by atoms with Gasteiger partial charge in [-0.15, -0.1) is 0 Å². The standard InChI is InChI=1S/C15H19F4N3O4/c1-8-5-22(12(24)15(17,18)19)14(2-3-14)7-21(8)11(23)10-4-9(16)6-20(10)13(25)26/h8-10H,2-7H2,1H3,(H,25,26)/t8-,9-,10+/m1/s1. The third-order valence-corrected chi connectivity index (χ3v) is 5.39. The highest BCUT2D eigenvalue weighted by molar-refractivity contribution is 5.87. The number of likely N-dealkylation sites (tertiary alicyclic amines) is 1. The molecule has 26 heavy (non-hydrogen) atoms. The van der Waals surface area contributed by atoms with E-state index in [0.717, 1.165) is 9.80 Å². The van der Waals surface area contributed by atoms with E-state index in [2.05, 4.69) is 0 Å². The van der Waals surface area contributed by atoms with Gasteiger partial charge in [-0.25, -0.2) is 9.18 Å². The van der Waals surface area contributed by atoms with E-state index in [1.165, 1.54) is 11.8 Å². The molecule has 0 aromatic carbocycles. The molecule has 3 aliphatic rings. The number of hydrogen-bond donors (Lipinski definition) is 1. The Hall–Kier alpha value is -2.07. The SMILES string of the molecule is C[C@@H]1CN(C(=O)C(F)(F)F)C2(CC2)CN1C(=O)[C@@H]1C[C@@H](F)CN1C(=O)O. The maximum Gasteiger partial charge on any atom is 0.471 e. The van der Waals surface area contributed by atoms with Gasteiger partial charge in [0.25, 0.3) is 0 Å². The molecule has 0 radical (unpaired) electrons. The fourth-order valence-electron chi connectivity index (χ4n) is 3.86. The van der Waals surface area contributed by atoms with E-state index in [9.17, 15) is 31.9 Å². The zero-order valence-electron chi connectivity index (χ0n) is 14.0. The maximum absolute atomic E-state index is 13.6. The molecule has 2 heterocycles. The van der Waals surface area contributed by atoms with Crippen LogP contribution < -0.4 is 0 Å². The molecule has 3 fully saturated rings. The number of alkyl halides is 4. The lowest BCUT2D eigenvalue weighted by Crippen LogP contribution is -2.65. The summed E-state index contributed by atoms with van der Waals surface area (Å²) in [4.78, 5) is 38.5. The summed E-state index contributed by atoms with van der Waals surface area (Å²) in [5.41, 5.74) is -1.06. The van der Waals surface area contributed by atoms with Crippen molar-refractivity contribution in [1.82, 2.24) is 14.7 Å². The Labute approximate surface area is 146 Å². The highest BCUT2D eigenvalue weighted by Crippen LogP contribution is 2.47. The van der Waals surface area contributed by atoms with E-state index < -0.39 is 54.4 Å². The summed E-state index contributed by atoms with van der Waals surface area (Å²) >= 11 is 0. The number of carboxylic acid groups (broad SMARTS) is 1. The highest BCUT2D eigenvalue weighted by atomic mass is 19.4. The van der Waals surface area contributed by atoms with Crippen molar-refractivity contribution < 1.29 is 37.1 Å². The van der Waals surface area contributed by atoms with E-state index in [-0.39, 0.29) is 19.5 Å². The monoisotopic (exact) mass is 381 g/mol. The van der Waals surface area contributed by atoms with Gasteiger partial charge in [0.2, 0.25) is 5.91 Å². The Balaban J connectivity index is 1.78. The fraction of sp³-hybridized carbons (Fsp3) is 0.800. The Bertz CT molecular complexity index is 637. The summed E-state index contributed by atoms with van der Waals surface area (Å²) < 4.78 is 52.1. The van der Waals surface area contributed by atoms with Gasteiger partial charge < -0.3 is 14.9 Å². The summed E-state index contributed by atoms with van der Waals surface area (Å²) in [5.74, 6) is -2.55. The van der Waals surface area contributed by atoms with Gasteiger partial charge in [-0.1, -0.05) is 0 Å². The Morgan fingerprint density at radius 1 is 1.12 bits per heavy atom. The number of rotatable bonds is 1. The molecule has 0 bridgehead atoms. The van der Waals surface area contributed by atoms with Gasteiger partial charge in [0.1, 0.15) is 12.2 Å². The first-order valence-corrected chi connectivity index (χ1v) is 8.29. The second-order valence-electron chi connectivity index (χ2n) is 7.24. The summed E-state index contributed by atoms with van der Waals surface area (Å²) in [6.07, 6.45) is -7.46. The molecule has 1 spiro atoms. The van der Waals surface area contributed by atoms with Crippen LogP contribution >= 0.6 is 0 Å². The minimum absolute atomic E-state index is 0.101. The quantitative estimate of drug-likeness (QED) is 0.693. The van der Waals surface area contributed by atoms with Crippen LogP contribution in [0.15, 0.2) is 0 Å². The Kier molecular flexibility index (Phi) is 4.31. The molecule has 11 heteroatoms. The average Bonchev–Trinajstić information content (AvgIpc) is 3.19. The van der Waals surface area contributed by atoms with E-state index in [1.54, 1.807) is 0 Å². The first-order chi connectivity index (χ1) is 12.0. The number of halogens is 4. The zero-order valence-corrected chi connectivity index (χ0v) is 14.0. The molecule has 2 aliphatic heterocycles. The molecule has 1 saturated carbocycles. The van der Waals surface area contributed by atoms with Gasteiger partial charge in [-0.3, -0.25) is 14.5 Å². The summed E-state index contributed by atoms with van der Waals surface area (Å²) in [6.45, 7) is 0.702. The second-order valence-corrected chi connectivity index (χ2v) is 7.24. The lowest BCUT2D eigenvalue weighted by atomic mass is 10.0. The van der Waals surface area contributed by atoms with Crippen molar-refractivity contribution >= 4 is 17.9 Å². The number of amides is 3. The largest absolute Gasteiger partial charge is 0.471 e.